The van der Waals surface area contributed by atoms with Crippen LogP contribution >= 0.6 is 11.6 Å². The monoisotopic (exact) mass is 515 g/mol. The average Bonchev–Trinajstić information content (AvgIpc) is 2.91. The van der Waals surface area contributed by atoms with E-state index in [1.54, 1.807) is 19.4 Å². The Morgan fingerprint density at radius 1 is 1.19 bits per heavy atom. The van der Waals surface area contributed by atoms with Gasteiger partial charge in [-0.3, -0.25) is 4.98 Å². The fourth-order valence-electron chi connectivity index (χ4n) is 5.12. The number of rotatable bonds is 10. The summed E-state index contributed by atoms with van der Waals surface area (Å²) >= 11 is 6.51. The number of anilines is 1. The number of nitrogens with one attached hydrogen (secondary N) is 2. The SMILES string of the molecule is COCCNC1CCC(Cc2cc(-c3cnc(F)c(NCC4(C#N)CCOCC4)c3)c(Cl)cn2)CC1. The van der Waals surface area contributed by atoms with Gasteiger partial charge in [0.1, 0.15) is 0 Å². The third-order valence-electron chi connectivity index (χ3n) is 7.45. The number of nitriles is 1. The zero-order valence-electron chi connectivity index (χ0n) is 20.9. The summed E-state index contributed by atoms with van der Waals surface area (Å²) in [5.74, 6) is -0.0163. The highest BCUT2D eigenvalue weighted by Crippen LogP contribution is 2.34. The minimum Gasteiger partial charge on any atom is -0.383 e. The van der Waals surface area contributed by atoms with Crippen molar-refractivity contribution in [2.24, 2.45) is 11.3 Å². The van der Waals surface area contributed by atoms with Crippen LogP contribution in [0.25, 0.3) is 11.1 Å². The molecule has 1 saturated carbocycles. The van der Waals surface area contributed by atoms with Crippen LogP contribution in [0.2, 0.25) is 5.02 Å². The number of hydrogen-bond donors (Lipinski definition) is 2. The van der Waals surface area contributed by atoms with E-state index in [0.29, 0.717) is 49.6 Å². The number of pyridine rings is 2. The molecule has 2 aromatic heterocycles. The Morgan fingerprint density at radius 2 is 1.97 bits per heavy atom. The molecule has 0 bridgehead atoms. The first-order valence-electron chi connectivity index (χ1n) is 12.8. The predicted molar refractivity (Wildman–Crippen MR) is 138 cm³/mol. The molecular formula is C27H35ClFN5O2. The summed E-state index contributed by atoms with van der Waals surface area (Å²) in [6.07, 6.45) is 9.92. The summed E-state index contributed by atoms with van der Waals surface area (Å²) in [5.41, 5.74) is 2.18. The van der Waals surface area contributed by atoms with Crippen LogP contribution in [0.1, 0.15) is 44.2 Å². The summed E-state index contributed by atoms with van der Waals surface area (Å²) in [4.78, 5) is 8.54. The molecule has 1 aliphatic carbocycles. The van der Waals surface area contributed by atoms with Gasteiger partial charge in [0.2, 0.25) is 5.95 Å². The quantitative estimate of drug-likeness (QED) is 0.339. The predicted octanol–water partition coefficient (Wildman–Crippen LogP) is 5.01. The first-order chi connectivity index (χ1) is 17.5. The summed E-state index contributed by atoms with van der Waals surface area (Å²) < 4.78 is 25.1. The van der Waals surface area contributed by atoms with E-state index < -0.39 is 11.4 Å². The molecule has 0 atom stereocenters. The van der Waals surface area contributed by atoms with Crippen molar-refractivity contribution in [2.45, 2.75) is 51.0 Å². The maximum absolute atomic E-state index is 14.5. The van der Waals surface area contributed by atoms with Crippen molar-refractivity contribution in [1.82, 2.24) is 15.3 Å². The molecule has 0 aromatic carbocycles. The van der Waals surface area contributed by atoms with Crippen LogP contribution in [0.5, 0.6) is 0 Å². The van der Waals surface area contributed by atoms with Crippen LogP contribution in [-0.2, 0) is 15.9 Å². The van der Waals surface area contributed by atoms with E-state index >= 15 is 0 Å². The van der Waals surface area contributed by atoms with E-state index in [-0.39, 0.29) is 5.69 Å². The van der Waals surface area contributed by atoms with Crippen molar-refractivity contribution in [2.75, 3.05) is 45.3 Å². The van der Waals surface area contributed by atoms with Crippen molar-refractivity contribution in [3.05, 3.63) is 41.2 Å². The van der Waals surface area contributed by atoms with E-state index in [4.69, 9.17) is 21.1 Å². The van der Waals surface area contributed by atoms with E-state index in [2.05, 4.69) is 26.7 Å². The third kappa shape index (κ3) is 6.92. The second kappa shape index (κ2) is 12.8. The number of ether oxygens (including phenoxy) is 2. The maximum atomic E-state index is 14.5. The van der Waals surface area contributed by atoms with Gasteiger partial charge >= 0.3 is 0 Å². The van der Waals surface area contributed by atoms with Crippen molar-refractivity contribution in [1.29, 1.82) is 5.26 Å². The van der Waals surface area contributed by atoms with Crippen molar-refractivity contribution < 1.29 is 13.9 Å². The zero-order valence-corrected chi connectivity index (χ0v) is 21.6. The number of methoxy groups -OCH3 is 1. The Hall–Kier alpha value is -2.31. The normalized spacial score (nSPS) is 21.6. The van der Waals surface area contributed by atoms with E-state index in [0.717, 1.165) is 62.1 Å². The molecule has 1 aliphatic heterocycles. The zero-order chi connectivity index (χ0) is 25.4. The molecule has 7 nitrogen and oxygen atoms in total. The van der Waals surface area contributed by atoms with Crippen molar-refractivity contribution in [3.63, 3.8) is 0 Å². The van der Waals surface area contributed by atoms with Crippen molar-refractivity contribution in [3.8, 4) is 17.2 Å². The molecule has 36 heavy (non-hydrogen) atoms. The average molecular weight is 516 g/mol. The second-order valence-electron chi connectivity index (χ2n) is 9.94. The minimum atomic E-state index is -0.597. The molecule has 2 aromatic rings. The Kier molecular flexibility index (Phi) is 9.49. The Balaban J connectivity index is 1.41. The lowest BCUT2D eigenvalue weighted by Gasteiger charge is -2.31. The van der Waals surface area contributed by atoms with Gasteiger partial charge in [0, 0.05) is 68.7 Å². The van der Waals surface area contributed by atoms with Crippen LogP contribution in [0, 0.1) is 28.6 Å². The molecule has 2 aliphatic rings. The van der Waals surface area contributed by atoms with Gasteiger partial charge in [0.15, 0.2) is 0 Å². The number of aromatic nitrogens is 2. The summed E-state index contributed by atoms with van der Waals surface area (Å²) in [6, 6.07) is 6.67. The standard InChI is InChI=1S/C27H35ClFN5O2/c1-35-11-8-31-21-4-2-19(3-5-21)12-22-14-23(24(28)16-32-22)20-13-25(26(29)33-15-20)34-18-27(17-30)6-9-36-10-7-27/h13-16,19,21,31,34H,2-12,18H2,1H3. The van der Waals surface area contributed by atoms with Gasteiger partial charge < -0.3 is 20.1 Å². The molecule has 0 amide bonds. The molecule has 0 radical (unpaired) electrons. The summed E-state index contributed by atoms with van der Waals surface area (Å²) in [5, 5.41) is 16.9. The molecule has 2 N–H and O–H groups in total. The summed E-state index contributed by atoms with van der Waals surface area (Å²) in [7, 11) is 1.72. The molecule has 9 heteroatoms. The van der Waals surface area contributed by atoms with Crippen LogP contribution in [-0.4, -0.2) is 56.0 Å². The topological polar surface area (TPSA) is 92.1 Å². The molecule has 1 saturated heterocycles. The molecule has 0 unspecified atom stereocenters. The first kappa shape index (κ1) is 26.7. The number of halogens is 2. The minimum absolute atomic E-state index is 0.266. The molecule has 0 spiro atoms. The lowest BCUT2D eigenvalue weighted by molar-refractivity contribution is 0.0456. The maximum Gasteiger partial charge on any atom is 0.236 e. The van der Waals surface area contributed by atoms with E-state index in [1.807, 2.05) is 6.07 Å². The van der Waals surface area contributed by atoms with Gasteiger partial charge in [-0.25, -0.2) is 4.98 Å². The number of nitrogens with zero attached hydrogens (tertiary/aromatic N) is 3. The van der Waals surface area contributed by atoms with Gasteiger partial charge in [-0.2, -0.15) is 9.65 Å². The van der Waals surface area contributed by atoms with E-state index in [1.165, 1.54) is 6.20 Å². The van der Waals surface area contributed by atoms with Crippen molar-refractivity contribution >= 4 is 17.3 Å². The Morgan fingerprint density at radius 3 is 2.69 bits per heavy atom. The molecular weight excluding hydrogens is 481 g/mol. The van der Waals surface area contributed by atoms with Gasteiger partial charge in [-0.1, -0.05) is 11.6 Å². The Labute approximate surface area is 217 Å². The highest BCUT2D eigenvalue weighted by atomic mass is 35.5. The van der Waals surface area contributed by atoms with E-state index in [9.17, 15) is 9.65 Å². The second-order valence-corrected chi connectivity index (χ2v) is 10.4. The fraction of sp³-hybridized carbons (Fsp3) is 0.593. The Bertz CT molecular complexity index is 1050. The van der Waals surface area contributed by atoms with Crippen LogP contribution in [0.15, 0.2) is 24.5 Å². The third-order valence-corrected chi connectivity index (χ3v) is 7.75. The van der Waals surface area contributed by atoms with Gasteiger partial charge in [0.25, 0.3) is 0 Å². The lowest BCUT2D eigenvalue weighted by Crippen LogP contribution is -2.35. The first-order valence-corrected chi connectivity index (χ1v) is 13.2. The van der Waals surface area contributed by atoms with Gasteiger partial charge in [-0.05, 0) is 63.0 Å². The highest BCUT2D eigenvalue weighted by molar-refractivity contribution is 6.33. The van der Waals surface area contributed by atoms with Gasteiger partial charge in [-0.15, -0.1) is 0 Å². The smallest absolute Gasteiger partial charge is 0.236 e. The molecule has 194 valence electrons. The molecule has 4 rings (SSSR count). The van der Waals surface area contributed by atoms with Crippen LogP contribution in [0.4, 0.5) is 10.1 Å². The lowest BCUT2D eigenvalue weighted by atomic mass is 9.81. The summed E-state index contributed by atoms with van der Waals surface area (Å²) in [6.45, 7) is 3.05. The van der Waals surface area contributed by atoms with Crippen LogP contribution in [0.3, 0.4) is 0 Å². The fourth-order valence-corrected chi connectivity index (χ4v) is 5.33. The van der Waals surface area contributed by atoms with Crippen LogP contribution < -0.4 is 10.6 Å². The highest BCUT2D eigenvalue weighted by Gasteiger charge is 2.33. The molecule has 3 heterocycles. The number of hydrogen-bond acceptors (Lipinski definition) is 7. The van der Waals surface area contributed by atoms with Gasteiger partial charge in [0.05, 0.1) is 28.8 Å². The molecule has 2 fully saturated rings. The largest absolute Gasteiger partial charge is 0.383 e.